The lowest BCUT2D eigenvalue weighted by Gasteiger charge is -2.44. The second-order valence-electron chi connectivity index (χ2n) is 13.8. The topological polar surface area (TPSA) is 125 Å². The molecule has 4 aliphatic heterocycles. The average Bonchev–Trinajstić information content (AvgIpc) is 3.59. The predicted molar refractivity (Wildman–Crippen MR) is 193 cm³/mol. The van der Waals surface area contributed by atoms with Crippen LogP contribution in [0.5, 0.6) is 34.5 Å². The summed E-state index contributed by atoms with van der Waals surface area (Å²) in [4.78, 5) is 29.3. The highest BCUT2D eigenvalue weighted by atomic mass is 32.2. The van der Waals surface area contributed by atoms with Crippen molar-refractivity contribution in [2.24, 2.45) is 0 Å². The van der Waals surface area contributed by atoms with Gasteiger partial charge >= 0.3 is 11.9 Å². The molecule has 3 aromatic carbocycles. The summed E-state index contributed by atoms with van der Waals surface area (Å²) in [5.74, 6) is 3.13. The molecule has 0 radical (unpaired) electrons. The molecule has 12 heteroatoms. The number of phenolic OH excluding ortho intramolecular Hbond substituents is 1. The third-order valence-electron chi connectivity index (χ3n) is 10.8. The Hall–Kier alpha value is -4.13. The highest BCUT2D eigenvalue weighted by Gasteiger charge is 2.47. The molecule has 272 valence electrons. The van der Waals surface area contributed by atoms with Gasteiger partial charge < -0.3 is 33.5 Å². The molecule has 2 unspecified atom stereocenters. The smallest absolute Gasteiger partial charge is 0.331 e. The van der Waals surface area contributed by atoms with Crippen molar-refractivity contribution in [3.63, 3.8) is 0 Å². The fraction of sp³-hybridized carbons (Fsp3) is 0.487. The van der Waals surface area contributed by atoms with Gasteiger partial charge in [-0.25, -0.2) is 4.79 Å². The lowest BCUT2D eigenvalue weighted by Crippen LogP contribution is -2.57. The molecule has 3 atom stereocenters. The molecule has 0 bridgehead atoms. The van der Waals surface area contributed by atoms with E-state index in [4.69, 9.17) is 28.4 Å². The van der Waals surface area contributed by atoms with E-state index in [0.29, 0.717) is 65.3 Å². The molecule has 1 fully saturated rings. The number of cyclic esters (lactones) is 1. The van der Waals surface area contributed by atoms with Gasteiger partial charge in [0.05, 0.1) is 20.3 Å². The number of thioether (sulfide) groups is 1. The molecule has 2 N–H and O–H groups in total. The van der Waals surface area contributed by atoms with Crippen LogP contribution >= 0.6 is 11.8 Å². The highest BCUT2D eigenvalue weighted by molar-refractivity contribution is 7.99. The van der Waals surface area contributed by atoms with Gasteiger partial charge in [0.25, 0.3) is 0 Å². The molecule has 4 aliphatic rings. The number of nitrogens with zero attached hydrogens (tertiary/aromatic N) is 1. The third kappa shape index (κ3) is 6.14. The van der Waals surface area contributed by atoms with Crippen LogP contribution in [-0.4, -0.2) is 80.2 Å². The second kappa shape index (κ2) is 14.1. The van der Waals surface area contributed by atoms with E-state index in [9.17, 15) is 14.7 Å². The molecule has 0 saturated carbocycles. The zero-order valence-electron chi connectivity index (χ0n) is 30.1. The number of fused-ring (bicyclic) bond motifs is 5. The minimum Gasteiger partial charge on any atom is -0.504 e. The van der Waals surface area contributed by atoms with Crippen LogP contribution in [0.2, 0.25) is 0 Å². The minimum atomic E-state index is -1.10. The number of nitrogens with one attached hydrogen (secondary N) is 1. The molecular weight excluding hydrogens is 673 g/mol. The summed E-state index contributed by atoms with van der Waals surface area (Å²) < 4.78 is 35.7. The summed E-state index contributed by atoms with van der Waals surface area (Å²) in [5, 5.41) is 15.2. The number of methoxy groups -OCH3 is 2. The Balaban J connectivity index is 1.39. The van der Waals surface area contributed by atoms with Crippen LogP contribution in [-0.2, 0) is 39.1 Å². The van der Waals surface area contributed by atoms with Crippen molar-refractivity contribution in [1.29, 1.82) is 0 Å². The van der Waals surface area contributed by atoms with Gasteiger partial charge in [0.15, 0.2) is 28.5 Å². The Labute approximate surface area is 302 Å². The van der Waals surface area contributed by atoms with Crippen LogP contribution in [0.15, 0.2) is 24.3 Å². The average molecular weight is 719 g/mol. The third-order valence-corrected chi connectivity index (χ3v) is 12.1. The molecule has 1 spiro atoms. The summed E-state index contributed by atoms with van der Waals surface area (Å²) in [6, 6.07) is 7.46. The van der Waals surface area contributed by atoms with Crippen molar-refractivity contribution < 1.29 is 43.1 Å². The maximum absolute atomic E-state index is 14.6. The number of hydrogen-bond acceptors (Lipinski definition) is 12. The lowest BCUT2D eigenvalue weighted by atomic mass is 9.83. The van der Waals surface area contributed by atoms with Crippen LogP contribution in [0.3, 0.4) is 0 Å². The van der Waals surface area contributed by atoms with Crippen LogP contribution in [0, 0.1) is 20.8 Å². The predicted octanol–water partition coefficient (Wildman–Crippen LogP) is 5.22. The van der Waals surface area contributed by atoms with E-state index in [1.807, 2.05) is 39.0 Å². The first-order valence-corrected chi connectivity index (χ1v) is 18.7. The van der Waals surface area contributed by atoms with Gasteiger partial charge in [-0.05, 0) is 87.4 Å². The van der Waals surface area contributed by atoms with E-state index in [0.717, 1.165) is 58.2 Å². The Morgan fingerprint density at radius 2 is 1.82 bits per heavy atom. The number of carbonyl (C=O) groups excluding carboxylic acids is 2. The Bertz CT molecular complexity index is 1880. The fourth-order valence-electron chi connectivity index (χ4n) is 8.43. The zero-order valence-corrected chi connectivity index (χ0v) is 30.9. The summed E-state index contributed by atoms with van der Waals surface area (Å²) in [7, 11) is 3.21. The first-order valence-electron chi connectivity index (χ1n) is 17.5. The van der Waals surface area contributed by atoms with Gasteiger partial charge in [0.1, 0.15) is 18.1 Å². The molecule has 0 aliphatic carbocycles. The second-order valence-corrected chi connectivity index (χ2v) is 14.8. The highest BCUT2D eigenvalue weighted by Crippen LogP contribution is 2.51. The molecule has 1 saturated heterocycles. The summed E-state index contributed by atoms with van der Waals surface area (Å²) in [6.07, 6.45) is 2.87. The van der Waals surface area contributed by atoms with E-state index in [2.05, 4.69) is 16.3 Å². The maximum atomic E-state index is 14.6. The first-order chi connectivity index (χ1) is 24.6. The fourth-order valence-corrected chi connectivity index (χ4v) is 9.81. The number of aryl methyl sites for hydroxylation is 2. The minimum absolute atomic E-state index is 0.0119. The van der Waals surface area contributed by atoms with Crippen molar-refractivity contribution in [2.45, 2.75) is 71.0 Å². The van der Waals surface area contributed by atoms with Gasteiger partial charge in [-0.2, -0.15) is 11.8 Å². The number of esters is 2. The van der Waals surface area contributed by atoms with Crippen LogP contribution < -0.4 is 29.0 Å². The molecule has 11 nitrogen and oxygen atoms in total. The number of ether oxygens (including phenoxy) is 6. The molecular formula is C39H46N2O9S. The molecule has 0 amide bonds. The Morgan fingerprint density at radius 3 is 2.59 bits per heavy atom. The summed E-state index contributed by atoms with van der Waals surface area (Å²) in [6.45, 7) is 8.44. The number of rotatable bonds is 4. The largest absolute Gasteiger partial charge is 0.504 e. The van der Waals surface area contributed by atoms with Crippen molar-refractivity contribution in [1.82, 2.24) is 10.2 Å². The molecule has 7 rings (SSSR count). The van der Waals surface area contributed by atoms with Gasteiger partial charge in [0.2, 0.25) is 6.79 Å². The van der Waals surface area contributed by atoms with Crippen LogP contribution in [0.4, 0.5) is 0 Å². The van der Waals surface area contributed by atoms with Gasteiger partial charge in [-0.1, -0.05) is 12.1 Å². The summed E-state index contributed by atoms with van der Waals surface area (Å²) in [5.41, 5.74) is 5.88. The maximum Gasteiger partial charge on any atom is 0.331 e. The first kappa shape index (κ1) is 35.3. The van der Waals surface area contributed by atoms with Crippen molar-refractivity contribution in [2.75, 3.05) is 52.2 Å². The molecule has 0 aromatic heterocycles. The quantitative estimate of drug-likeness (QED) is 0.272. The number of benzene rings is 3. The molecule has 4 heterocycles. The van der Waals surface area contributed by atoms with Gasteiger partial charge in [-0.15, -0.1) is 0 Å². The number of hydrogen-bond donors (Lipinski definition) is 2. The van der Waals surface area contributed by atoms with E-state index in [1.54, 1.807) is 26.0 Å². The number of aromatic hydroxyl groups is 1. The van der Waals surface area contributed by atoms with Crippen LogP contribution in [0.1, 0.15) is 63.9 Å². The Morgan fingerprint density at radius 1 is 1.02 bits per heavy atom. The number of carbonyl (C=O) groups is 2. The standard InChI is InChI=1S/C39H46N2O9S/c1-21-14-26-8-7-13-41-27(15-29(26)33(43)34(21)46-6)18-51-19-39(30-16-28(45-5)10-9-25(30)11-12-40-39)38(44)47-17-31(41)32-22(2)35(50-24(4)42)23(3)36-37(32)49-20-48-36/h9-10,14,16,27,31,40,43H,7-8,11-13,15,17-20H2,1-6H3/t27?,31?,39-/m1/s1. The van der Waals surface area contributed by atoms with Gasteiger partial charge in [-0.3, -0.25) is 15.0 Å². The van der Waals surface area contributed by atoms with Gasteiger partial charge in [0, 0.05) is 53.3 Å². The van der Waals surface area contributed by atoms with E-state index in [1.165, 1.54) is 6.92 Å². The SMILES string of the molecule is COc1ccc2c(c1)[C@@]1(CSCC3Cc4c(cc(C)c(OC)c4O)CCCN3C(c3c(C)c(OC(C)=O)c(C)c4c3OCO4)COC1=O)NCC2. The van der Waals surface area contributed by atoms with E-state index >= 15 is 0 Å². The van der Waals surface area contributed by atoms with Crippen LogP contribution in [0.25, 0.3) is 0 Å². The van der Waals surface area contributed by atoms with Crippen molar-refractivity contribution in [3.8, 4) is 34.5 Å². The molecule has 51 heavy (non-hydrogen) atoms. The monoisotopic (exact) mass is 718 g/mol. The molecule has 3 aromatic rings. The van der Waals surface area contributed by atoms with E-state index in [-0.39, 0.29) is 31.2 Å². The lowest BCUT2D eigenvalue weighted by molar-refractivity contribution is -0.154. The van der Waals surface area contributed by atoms with E-state index < -0.39 is 17.6 Å². The van der Waals surface area contributed by atoms with Crippen molar-refractivity contribution in [3.05, 3.63) is 68.8 Å². The van der Waals surface area contributed by atoms with Crippen molar-refractivity contribution >= 4 is 23.7 Å². The summed E-state index contributed by atoms with van der Waals surface area (Å²) >= 11 is 1.69. The Kier molecular flexibility index (Phi) is 9.77. The zero-order chi connectivity index (χ0) is 36.0. The normalized spacial score (nSPS) is 23.2. The number of phenols is 1.